The molecule has 7 N–H and O–H groups in total. The minimum Gasteiger partial charge on any atom is -0.477 e. The number of aromatic nitrogens is 2. The average molecular weight is 500 g/mol. The first-order valence-electron chi connectivity index (χ1n) is 10.3. The van der Waals surface area contributed by atoms with Gasteiger partial charge in [0.25, 0.3) is 11.5 Å². The summed E-state index contributed by atoms with van der Waals surface area (Å²) in [4.78, 5) is 69.1. The van der Waals surface area contributed by atoms with E-state index in [1.165, 1.54) is 11.8 Å². The molecule has 35 heavy (non-hydrogen) atoms. The number of anilines is 2. The average Bonchev–Trinajstić information content (AvgIpc) is 2.82. The lowest BCUT2D eigenvalue weighted by atomic mass is 10.0. The highest BCUT2D eigenvalue weighted by Crippen LogP contribution is 2.40. The van der Waals surface area contributed by atoms with E-state index in [0.717, 1.165) is 11.1 Å². The summed E-state index contributed by atoms with van der Waals surface area (Å²) in [6.45, 7) is 1.64. The molecule has 1 fully saturated rings. The summed E-state index contributed by atoms with van der Waals surface area (Å²) in [5.74, 6) is -2.17. The number of nitrogens with zero attached hydrogens (tertiary/aromatic N) is 2. The Kier molecular flexibility index (Phi) is 6.46. The van der Waals surface area contributed by atoms with Crippen molar-refractivity contribution in [3.8, 4) is 0 Å². The molecule has 1 saturated heterocycles. The molecule has 182 valence electrons. The summed E-state index contributed by atoms with van der Waals surface area (Å²) in [6, 6.07) is 5.24. The molecule has 0 spiro atoms. The fraction of sp³-hybridized carbons (Fsp3) is 0.238. The minimum atomic E-state index is -1.22. The molecule has 3 heterocycles. The highest BCUT2D eigenvalue weighted by atomic mass is 32.2. The van der Waals surface area contributed by atoms with Crippen molar-refractivity contribution in [1.29, 1.82) is 0 Å². The van der Waals surface area contributed by atoms with Gasteiger partial charge in [0.1, 0.15) is 28.8 Å². The molecular weight excluding hydrogens is 478 g/mol. The first-order chi connectivity index (χ1) is 16.7. The zero-order chi connectivity index (χ0) is 25.3. The first-order valence-corrected chi connectivity index (χ1v) is 11.4. The number of carbonyl (C=O) groups is 4. The SMILES string of the molecule is CC1=C(C(=O)O)N2C(=O)C(NC(=O)[C@H](NC(=O)Nc3cnc(N)[nH]c3=O)c3ccccc3)[C@H]2SC1. The number of urea groups is 1. The van der Waals surface area contributed by atoms with E-state index in [1.54, 1.807) is 37.3 Å². The monoisotopic (exact) mass is 499 g/mol. The molecule has 0 radical (unpaired) electrons. The standard InChI is InChI=1S/C21H21N7O6S/c1-9-8-35-18-13(17(31)28(18)14(9)19(32)33)25-16(30)12(10-5-3-2-4-6-10)26-21(34)24-11-7-23-20(22)27-15(11)29/h2-7,12-13,18H,8H2,1H3,(H,25,30)(H,32,33)(H2,24,26,34)(H3,22,23,27,29)/t12-,13?,18-/m1/s1. The third kappa shape index (κ3) is 4.68. The number of nitrogens with one attached hydrogen (secondary N) is 4. The van der Waals surface area contributed by atoms with E-state index < -0.39 is 46.8 Å². The highest BCUT2D eigenvalue weighted by molar-refractivity contribution is 8.00. The molecule has 0 aliphatic carbocycles. The van der Waals surface area contributed by atoms with Crippen LogP contribution in [0.15, 0.2) is 52.6 Å². The van der Waals surface area contributed by atoms with Gasteiger partial charge in [0, 0.05) is 5.75 Å². The quantitative estimate of drug-likeness (QED) is 0.295. The molecule has 1 unspecified atom stereocenters. The van der Waals surface area contributed by atoms with Crippen molar-refractivity contribution in [3.05, 3.63) is 63.7 Å². The Morgan fingerprint density at radius 2 is 1.97 bits per heavy atom. The van der Waals surface area contributed by atoms with Gasteiger partial charge in [-0.15, -0.1) is 11.8 Å². The van der Waals surface area contributed by atoms with Crippen molar-refractivity contribution >= 4 is 47.2 Å². The van der Waals surface area contributed by atoms with E-state index in [4.69, 9.17) is 5.73 Å². The van der Waals surface area contributed by atoms with Crippen molar-refractivity contribution in [1.82, 2.24) is 25.5 Å². The maximum Gasteiger partial charge on any atom is 0.352 e. The number of carboxylic acid groups (broad SMARTS) is 1. The summed E-state index contributed by atoms with van der Waals surface area (Å²) >= 11 is 1.34. The van der Waals surface area contributed by atoms with E-state index >= 15 is 0 Å². The van der Waals surface area contributed by atoms with Crippen molar-refractivity contribution in [2.45, 2.75) is 24.4 Å². The topological polar surface area (TPSA) is 200 Å². The predicted octanol–water partition coefficient (Wildman–Crippen LogP) is -0.0266. The van der Waals surface area contributed by atoms with Gasteiger partial charge in [-0.1, -0.05) is 30.3 Å². The highest BCUT2D eigenvalue weighted by Gasteiger charge is 2.54. The van der Waals surface area contributed by atoms with Crippen LogP contribution in [0.4, 0.5) is 16.4 Å². The normalized spacial score (nSPS) is 19.8. The van der Waals surface area contributed by atoms with Gasteiger partial charge >= 0.3 is 12.0 Å². The van der Waals surface area contributed by atoms with Crippen LogP contribution in [0, 0.1) is 0 Å². The zero-order valence-corrected chi connectivity index (χ0v) is 19.1. The molecular formula is C21H21N7O6S. The Balaban J connectivity index is 1.50. The van der Waals surface area contributed by atoms with E-state index in [0.29, 0.717) is 16.9 Å². The number of nitrogens with two attached hydrogens (primary N) is 1. The second-order valence-electron chi connectivity index (χ2n) is 7.78. The Labute approximate surface area is 202 Å². The van der Waals surface area contributed by atoms with Gasteiger partial charge in [0.15, 0.2) is 5.95 Å². The zero-order valence-electron chi connectivity index (χ0n) is 18.3. The van der Waals surface area contributed by atoms with E-state index in [2.05, 4.69) is 25.9 Å². The van der Waals surface area contributed by atoms with Crippen molar-refractivity contribution < 1.29 is 24.3 Å². The Morgan fingerprint density at radius 1 is 1.26 bits per heavy atom. The van der Waals surface area contributed by atoms with E-state index in [-0.39, 0.29) is 17.3 Å². The molecule has 2 aliphatic rings. The van der Waals surface area contributed by atoms with Crippen LogP contribution in [0.25, 0.3) is 0 Å². The number of β-lactam (4-membered cyclic amide) rings is 1. The van der Waals surface area contributed by atoms with Gasteiger partial charge in [-0.3, -0.25) is 24.3 Å². The van der Waals surface area contributed by atoms with Crippen LogP contribution in [0.2, 0.25) is 0 Å². The number of H-pyrrole nitrogens is 1. The van der Waals surface area contributed by atoms with Crippen LogP contribution in [0.3, 0.4) is 0 Å². The number of carboxylic acids is 1. The van der Waals surface area contributed by atoms with Gasteiger partial charge in [-0.05, 0) is 18.1 Å². The number of aliphatic carboxylic acids is 1. The summed E-state index contributed by atoms with van der Waals surface area (Å²) in [5, 5.41) is 16.3. The number of hydrogen-bond acceptors (Lipinski definition) is 8. The predicted molar refractivity (Wildman–Crippen MR) is 126 cm³/mol. The molecule has 2 aromatic rings. The van der Waals surface area contributed by atoms with Gasteiger partial charge < -0.3 is 26.8 Å². The number of carbonyl (C=O) groups excluding carboxylic acids is 3. The molecule has 0 bridgehead atoms. The molecule has 0 saturated carbocycles. The Hall–Kier alpha value is -4.33. The summed E-state index contributed by atoms with van der Waals surface area (Å²) in [7, 11) is 0. The lowest BCUT2D eigenvalue weighted by molar-refractivity contribution is -0.151. The molecule has 13 nitrogen and oxygen atoms in total. The third-order valence-electron chi connectivity index (χ3n) is 5.40. The lowest BCUT2D eigenvalue weighted by Crippen LogP contribution is -2.71. The van der Waals surface area contributed by atoms with Gasteiger partial charge in [0.2, 0.25) is 5.91 Å². The number of thioether (sulfide) groups is 1. The van der Waals surface area contributed by atoms with Gasteiger partial charge in [0.05, 0.1) is 6.20 Å². The van der Waals surface area contributed by atoms with Crippen LogP contribution < -0.4 is 27.2 Å². The molecule has 3 atom stereocenters. The molecule has 1 aromatic heterocycles. The van der Waals surface area contributed by atoms with E-state index in [1.807, 2.05) is 0 Å². The van der Waals surface area contributed by atoms with Gasteiger partial charge in [-0.2, -0.15) is 0 Å². The lowest BCUT2D eigenvalue weighted by Gasteiger charge is -2.49. The Bertz CT molecular complexity index is 1290. The molecule has 2 aliphatic heterocycles. The summed E-state index contributed by atoms with van der Waals surface area (Å²) in [5.41, 5.74) is 5.43. The third-order valence-corrected chi connectivity index (χ3v) is 6.82. The number of hydrogen-bond donors (Lipinski definition) is 6. The number of benzene rings is 1. The fourth-order valence-electron chi connectivity index (χ4n) is 3.74. The number of aromatic amines is 1. The van der Waals surface area contributed by atoms with Crippen LogP contribution in [0.1, 0.15) is 18.5 Å². The van der Waals surface area contributed by atoms with Crippen molar-refractivity contribution in [2.24, 2.45) is 0 Å². The van der Waals surface area contributed by atoms with Crippen LogP contribution in [-0.4, -0.2) is 61.0 Å². The fourth-order valence-corrected chi connectivity index (χ4v) is 5.04. The smallest absolute Gasteiger partial charge is 0.352 e. The molecule has 4 rings (SSSR count). The second kappa shape index (κ2) is 9.50. The molecule has 14 heteroatoms. The summed E-state index contributed by atoms with van der Waals surface area (Å²) in [6.07, 6.45) is 1.07. The van der Waals surface area contributed by atoms with Crippen LogP contribution in [-0.2, 0) is 14.4 Å². The number of amides is 4. The number of nitrogen functional groups attached to an aromatic ring is 1. The largest absolute Gasteiger partial charge is 0.477 e. The number of fused-ring (bicyclic) bond motifs is 1. The van der Waals surface area contributed by atoms with Crippen LogP contribution >= 0.6 is 11.8 Å². The first kappa shape index (κ1) is 23.8. The van der Waals surface area contributed by atoms with Crippen molar-refractivity contribution in [2.75, 3.05) is 16.8 Å². The maximum atomic E-state index is 13.2. The summed E-state index contributed by atoms with van der Waals surface area (Å²) < 4.78 is 0. The maximum absolute atomic E-state index is 13.2. The minimum absolute atomic E-state index is 0.0799. The van der Waals surface area contributed by atoms with Crippen molar-refractivity contribution in [3.63, 3.8) is 0 Å². The van der Waals surface area contributed by atoms with Gasteiger partial charge in [-0.25, -0.2) is 14.6 Å². The number of rotatable bonds is 6. The Morgan fingerprint density at radius 3 is 2.63 bits per heavy atom. The molecule has 1 aromatic carbocycles. The van der Waals surface area contributed by atoms with E-state index in [9.17, 15) is 29.1 Å². The molecule has 4 amide bonds. The van der Waals surface area contributed by atoms with Crippen LogP contribution in [0.5, 0.6) is 0 Å². The second-order valence-corrected chi connectivity index (χ2v) is 8.89.